The summed E-state index contributed by atoms with van der Waals surface area (Å²) in [7, 11) is 2.05. The first-order chi connectivity index (χ1) is 8.56. The molecule has 100 valence electrons. The van der Waals surface area contributed by atoms with Crippen LogP contribution >= 0.6 is 0 Å². The summed E-state index contributed by atoms with van der Waals surface area (Å²) in [4.78, 5) is 2.21. The van der Waals surface area contributed by atoms with Gasteiger partial charge in [0.2, 0.25) is 0 Å². The summed E-state index contributed by atoms with van der Waals surface area (Å²) < 4.78 is 31.4. The zero-order chi connectivity index (χ0) is 13.1. The maximum absolute atomic E-state index is 12.9. The lowest BCUT2D eigenvalue weighted by Crippen LogP contribution is -2.35. The highest BCUT2D eigenvalue weighted by atomic mass is 19.3. The third-order valence-electron chi connectivity index (χ3n) is 3.23. The Kier molecular flexibility index (Phi) is 4.01. The number of hydrogen-bond acceptors (Lipinski definition) is 3. The Hall–Kier alpha value is -1.36. The molecule has 18 heavy (non-hydrogen) atoms. The van der Waals surface area contributed by atoms with Crippen LogP contribution in [0.25, 0.3) is 0 Å². The number of halogens is 2. The zero-order valence-electron chi connectivity index (χ0n) is 10.4. The van der Waals surface area contributed by atoms with E-state index in [2.05, 4.69) is 4.90 Å². The van der Waals surface area contributed by atoms with E-state index < -0.39 is 6.43 Å². The molecule has 3 nitrogen and oxygen atoms in total. The second kappa shape index (κ2) is 5.52. The molecule has 5 heteroatoms. The highest BCUT2D eigenvalue weighted by molar-refractivity contribution is 5.48. The third-order valence-corrected chi connectivity index (χ3v) is 3.23. The number of benzene rings is 1. The Bertz CT molecular complexity index is 404. The highest BCUT2D eigenvalue weighted by Gasteiger charge is 2.21. The molecule has 1 aromatic carbocycles. The van der Waals surface area contributed by atoms with Crippen LogP contribution in [-0.2, 0) is 0 Å². The second-order valence-corrected chi connectivity index (χ2v) is 4.72. The van der Waals surface area contributed by atoms with Gasteiger partial charge in [0.25, 0.3) is 6.43 Å². The molecule has 2 N–H and O–H groups in total. The van der Waals surface area contributed by atoms with E-state index in [4.69, 9.17) is 10.5 Å². The van der Waals surface area contributed by atoms with Crippen molar-refractivity contribution in [3.05, 3.63) is 23.8 Å². The van der Waals surface area contributed by atoms with Crippen molar-refractivity contribution in [1.29, 1.82) is 0 Å². The van der Waals surface area contributed by atoms with Crippen molar-refractivity contribution in [3.8, 4) is 5.75 Å². The van der Waals surface area contributed by atoms with Crippen LogP contribution in [-0.4, -0.2) is 31.1 Å². The summed E-state index contributed by atoms with van der Waals surface area (Å²) >= 11 is 0. The van der Waals surface area contributed by atoms with Gasteiger partial charge in [-0.25, -0.2) is 8.78 Å². The number of nitrogens with zero attached hydrogens (tertiary/aromatic N) is 1. The Morgan fingerprint density at radius 1 is 1.33 bits per heavy atom. The molecule has 0 aromatic heterocycles. The maximum atomic E-state index is 12.9. The van der Waals surface area contributed by atoms with Gasteiger partial charge in [0.05, 0.1) is 5.56 Å². The molecular weight excluding hydrogens is 238 g/mol. The number of nitrogen functional groups attached to an aromatic ring is 1. The number of alkyl halides is 2. The minimum absolute atomic E-state index is 0.0160. The molecule has 1 aliphatic heterocycles. The summed E-state index contributed by atoms with van der Waals surface area (Å²) in [6, 6.07) is 4.42. The minimum Gasteiger partial charge on any atom is -0.490 e. The van der Waals surface area contributed by atoms with Gasteiger partial charge in [0.15, 0.2) is 0 Å². The van der Waals surface area contributed by atoms with Crippen LogP contribution in [0.3, 0.4) is 0 Å². The standard InChI is InChI=1S/C13H18F2N2O/c1-17-6-4-10(5-7-17)18-12-3-2-9(16)8-11(12)13(14)15/h2-3,8,10,13H,4-7,16H2,1H3. The van der Waals surface area contributed by atoms with Gasteiger partial charge in [-0.3, -0.25) is 0 Å². The summed E-state index contributed by atoms with van der Waals surface area (Å²) in [5.74, 6) is 0.258. The van der Waals surface area contributed by atoms with Crippen LogP contribution in [0.4, 0.5) is 14.5 Å². The first-order valence-corrected chi connectivity index (χ1v) is 6.09. The summed E-state index contributed by atoms with van der Waals surface area (Å²) in [5, 5.41) is 0. The Labute approximate surface area is 106 Å². The molecule has 1 aromatic rings. The Balaban J connectivity index is 2.09. The van der Waals surface area contributed by atoms with Gasteiger partial charge in [-0.15, -0.1) is 0 Å². The molecule has 0 atom stereocenters. The summed E-state index contributed by atoms with van der Waals surface area (Å²) in [6.07, 6.45) is -0.815. The lowest BCUT2D eigenvalue weighted by molar-refractivity contribution is 0.102. The van der Waals surface area contributed by atoms with E-state index >= 15 is 0 Å². The van der Waals surface area contributed by atoms with Crippen molar-refractivity contribution in [2.24, 2.45) is 0 Å². The molecule has 1 heterocycles. The first-order valence-electron chi connectivity index (χ1n) is 6.09. The smallest absolute Gasteiger partial charge is 0.267 e. The number of anilines is 1. The van der Waals surface area contributed by atoms with Gasteiger partial charge in [0.1, 0.15) is 11.9 Å². The van der Waals surface area contributed by atoms with Crippen molar-refractivity contribution in [2.45, 2.75) is 25.4 Å². The topological polar surface area (TPSA) is 38.5 Å². The molecular formula is C13H18F2N2O. The van der Waals surface area contributed by atoms with Gasteiger partial charge < -0.3 is 15.4 Å². The van der Waals surface area contributed by atoms with E-state index in [0.29, 0.717) is 5.69 Å². The third kappa shape index (κ3) is 3.10. The van der Waals surface area contributed by atoms with Crippen LogP contribution in [0.15, 0.2) is 18.2 Å². The molecule has 1 fully saturated rings. The molecule has 0 amide bonds. The molecule has 1 aliphatic rings. The Morgan fingerprint density at radius 3 is 2.61 bits per heavy atom. The van der Waals surface area contributed by atoms with Crippen molar-refractivity contribution in [1.82, 2.24) is 4.90 Å². The Morgan fingerprint density at radius 2 is 2.00 bits per heavy atom. The SMILES string of the molecule is CN1CCC(Oc2ccc(N)cc2C(F)F)CC1. The number of piperidine rings is 1. The second-order valence-electron chi connectivity index (χ2n) is 4.72. The largest absolute Gasteiger partial charge is 0.490 e. The van der Waals surface area contributed by atoms with Gasteiger partial charge in [-0.1, -0.05) is 0 Å². The summed E-state index contributed by atoms with van der Waals surface area (Å²) in [6.45, 7) is 1.87. The van der Waals surface area contributed by atoms with Crippen molar-refractivity contribution in [3.63, 3.8) is 0 Å². The minimum atomic E-state index is -2.56. The van der Waals surface area contributed by atoms with Crippen molar-refractivity contribution < 1.29 is 13.5 Å². The number of ether oxygens (including phenoxy) is 1. The van der Waals surface area contributed by atoms with E-state index in [0.717, 1.165) is 25.9 Å². The number of likely N-dealkylation sites (tertiary alicyclic amines) is 1. The molecule has 0 bridgehead atoms. The van der Waals surface area contributed by atoms with E-state index in [9.17, 15) is 8.78 Å². The molecule has 0 radical (unpaired) electrons. The monoisotopic (exact) mass is 256 g/mol. The van der Waals surface area contributed by atoms with Crippen LogP contribution in [0, 0.1) is 0 Å². The average Bonchev–Trinajstić information content (AvgIpc) is 2.34. The van der Waals surface area contributed by atoms with Gasteiger partial charge >= 0.3 is 0 Å². The predicted molar refractivity (Wildman–Crippen MR) is 67.0 cm³/mol. The van der Waals surface area contributed by atoms with Crippen LogP contribution in [0.1, 0.15) is 24.8 Å². The van der Waals surface area contributed by atoms with E-state index in [1.54, 1.807) is 6.07 Å². The van der Waals surface area contributed by atoms with E-state index in [1.807, 2.05) is 7.05 Å². The normalized spacial score (nSPS) is 18.2. The van der Waals surface area contributed by atoms with Crippen LogP contribution in [0.5, 0.6) is 5.75 Å². The summed E-state index contributed by atoms with van der Waals surface area (Å²) in [5.41, 5.74) is 5.74. The number of hydrogen-bond donors (Lipinski definition) is 1. The quantitative estimate of drug-likeness (QED) is 0.845. The van der Waals surface area contributed by atoms with E-state index in [-0.39, 0.29) is 17.4 Å². The van der Waals surface area contributed by atoms with Gasteiger partial charge in [-0.2, -0.15) is 0 Å². The number of rotatable bonds is 3. The maximum Gasteiger partial charge on any atom is 0.267 e. The fourth-order valence-corrected chi connectivity index (χ4v) is 2.13. The number of nitrogens with two attached hydrogens (primary N) is 1. The van der Waals surface area contributed by atoms with E-state index in [1.165, 1.54) is 12.1 Å². The predicted octanol–water partition coefficient (Wildman–Crippen LogP) is 2.68. The molecule has 1 saturated heterocycles. The van der Waals surface area contributed by atoms with Crippen molar-refractivity contribution in [2.75, 3.05) is 25.9 Å². The average molecular weight is 256 g/mol. The van der Waals surface area contributed by atoms with Crippen molar-refractivity contribution >= 4 is 5.69 Å². The van der Waals surface area contributed by atoms with Gasteiger partial charge in [-0.05, 0) is 38.1 Å². The zero-order valence-corrected chi connectivity index (χ0v) is 10.4. The van der Waals surface area contributed by atoms with Gasteiger partial charge in [0, 0.05) is 18.8 Å². The molecule has 2 rings (SSSR count). The highest BCUT2D eigenvalue weighted by Crippen LogP contribution is 2.32. The lowest BCUT2D eigenvalue weighted by atomic mass is 10.1. The molecule has 0 saturated carbocycles. The fourth-order valence-electron chi connectivity index (χ4n) is 2.13. The molecule has 0 unspecified atom stereocenters. The van der Waals surface area contributed by atoms with Crippen LogP contribution < -0.4 is 10.5 Å². The fraction of sp³-hybridized carbons (Fsp3) is 0.538. The lowest BCUT2D eigenvalue weighted by Gasteiger charge is -2.29. The molecule has 0 spiro atoms. The van der Waals surface area contributed by atoms with Crippen LogP contribution in [0.2, 0.25) is 0 Å². The molecule has 0 aliphatic carbocycles. The first kappa shape index (κ1) is 13.1.